The van der Waals surface area contributed by atoms with Crippen molar-refractivity contribution in [1.29, 1.82) is 0 Å². The second-order valence-corrected chi connectivity index (χ2v) is 6.68. The summed E-state index contributed by atoms with van der Waals surface area (Å²) < 4.78 is 17.3. The van der Waals surface area contributed by atoms with Crippen LogP contribution in [0.3, 0.4) is 0 Å². The minimum Gasteiger partial charge on any atom is -0.485 e. The van der Waals surface area contributed by atoms with Gasteiger partial charge in [-0.05, 0) is 23.8 Å². The first-order chi connectivity index (χ1) is 11.6. The first-order valence-corrected chi connectivity index (χ1v) is 9.32. The largest absolute Gasteiger partial charge is 0.485 e. The van der Waals surface area contributed by atoms with E-state index in [-0.39, 0.29) is 0 Å². The van der Waals surface area contributed by atoms with E-state index in [9.17, 15) is 4.79 Å². The highest BCUT2D eigenvalue weighted by atomic mass is 79.9. The number of methoxy groups -OCH3 is 1. The average Bonchev–Trinajstić information content (AvgIpc) is 2.61. The van der Waals surface area contributed by atoms with Crippen molar-refractivity contribution in [2.45, 2.75) is 19.1 Å². The molecule has 0 aliphatic carbocycles. The molecule has 0 aliphatic rings. The first-order valence-electron chi connectivity index (χ1n) is 7.40. The van der Waals surface area contributed by atoms with Crippen molar-refractivity contribution in [3.63, 3.8) is 0 Å². The molecule has 2 aromatic carbocycles. The number of alkyl halides is 1. The Bertz CT molecular complexity index is 661. The van der Waals surface area contributed by atoms with Gasteiger partial charge in [-0.15, -0.1) is 0 Å². The maximum Gasteiger partial charge on any atom is 0.347 e. The van der Waals surface area contributed by atoms with E-state index in [1.807, 2.05) is 42.5 Å². The number of hydrogen-bond acceptors (Lipinski definition) is 4. The van der Waals surface area contributed by atoms with Crippen molar-refractivity contribution in [3.05, 3.63) is 58.6 Å². The number of rotatable bonds is 8. The molecule has 1 unspecified atom stereocenters. The van der Waals surface area contributed by atoms with Crippen LogP contribution in [0.2, 0.25) is 0 Å². The fourth-order valence-corrected chi connectivity index (χ4v) is 2.79. The lowest BCUT2D eigenvalue weighted by Gasteiger charge is -2.19. The highest BCUT2D eigenvalue weighted by Crippen LogP contribution is 2.32. The van der Waals surface area contributed by atoms with E-state index >= 15 is 0 Å². The Labute approximate surface area is 158 Å². The van der Waals surface area contributed by atoms with Gasteiger partial charge in [-0.1, -0.05) is 62.2 Å². The summed E-state index contributed by atoms with van der Waals surface area (Å²) in [5.74, 6) is 0.658. The topological polar surface area (TPSA) is 44.8 Å². The molecule has 2 aromatic rings. The zero-order valence-corrected chi connectivity index (χ0v) is 16.4. The molecule has 4 nitrogen and oxygen atoms in total. The highest BCUT2D eigenvalue weighted by molar-refractivity contribution is 9.10. The molecular formula is C18H18Br2O4. The third-order valence-corrected chi connectivity index (χ3v) is 4.20. The summed E-state index contributed by atoms with van der Waals surface area (Å²) in [6.45, 7) is 0.417. The van der Waals surface area contributed by atoms with E-state index in [4.69, 9.17) is 14.2 Å². The Hall–Kier alpha value is -1.53. The number of esters is 1. The third kappa shape index (κ3) is 5.53. The van der Waals surface area contributed by atoms with Crippen LogP contribution in [0.25, 0.3) is 0 Å². The molecule has 0 saturated heterocycles. The van der Waals surface area contributed by atoms with E-state index in [0.717, 1.165) is 10.0 Å². The van der Waals surface area contributed by atoms with Gasteiger partial charge in [0.25, 0.3) is 0 Å². The highest BCUT2D eigenvalue weighted by Gasteiger charge is 2.22. The summed E-state index contributed by atoms with van der Waals surface area (Å²) >= 11 is 6.74. The van der Waals surface area contributed by atoms with E-state index < -0.39 is 12.1 Å². The van der Waals surface area contributed by atoms with Crippen molar-refractivity contribution in [2.24, 2.45) is 0 Å². The van der Waals surface area contributed by atoms with Crippen molar-refractivity contribution in [1.82, 2.24) is 0 Å². The van der Waals surface area contributed by atoms with Gasteiger partial charge in [-0.2, -0.15) is 0 Å². The first kappa shape index (κ1) is 18.8. The summed E-state index contributed by atoms with van der Waals surface area (Å²) in [7, 11) is 1.35. The molecular weight excluding hydrogens is 440 g/mol. The van der Waals surface area contributed by atoms with Crippen LogP contribution in [-0.4, -0.2) is 24.5 Å². The van der Waals surface area contributed by atoms with Gasteiger partial charge < -0.3 is 14.2 Å². The van der Waals surface area contributed by atoms with Crippen LogP contribution >= 0.6 is 31.9 Å². The Balaban J connectivity index is 2.15. The van der Waals surface area contributed by atoms with Gasteiger partial charge in [0.15, 0.2) is 17.6 Å². The second-order valence-electron chi connectivity index (χ2n) is 4.97. The lowest BCUT2D eigenvalue weighted by Crippen LogP contribution is -2.29. The van der Waals surface area contributed by atoms with Gasteiger partial charge in [0.2, 0.25) is 0 Å². The number of hydrogen-bond donors (Lipinski definition) is 0. The van der Waals surface area contributed by atoms with E-state index in [1.165, 1.54) is 7.11 Å². The molecule has 2 rings (SSSR count). The van der Waals surface area contributed by atoms with Crippen LogP contribution in [-0.2, 0) is 16.1 Å². The van der Waals surface area contributed by atoms with Crippen molar-refractivity contribution in [2.75, 3.05) is 12.4 Å². The average molecular weight is 458 g/mol. The quantitative estimate of drug-likeness (QED) is 0.424. The molecule has 0 bridgehead atoms. The van der Waals surface area contributed by atoms with Crippen LogP contribution in [0, 0.1) is 0 Å². The Morgan fingerprint density at radius 2 is 1.88 bits per heavy atom. The third-order valence-electron chi connectivity index (χ3n) is 3.25. The van der Waals surface area contributed by atoms with Gasteiger partial charge in [-0.3, -0.25) is 0 Å². The molecule has 6 heteroatoms. The zero-order valence-electron chi connectivity index (χ0n) is 13.2. The molecule has 0 aromatic heterocycles. The van der Waals surface area contributed by atoms with Crippen LogP contribution in [0.5, 0.6) is 11.5 Å². The number of halogens is 2. The fourth-order valence-electron chi connectivity index (χ4n) is 2.04. The minimum absolute atomic E-state index is 0.413. The maximum absolute atomic E-state index is 11.9. The molecule has 0 heterocycles. The Kier molecular flexibility index (Phi) is 7.59. The predicted octanol–water partition coefficient (Wildman–Crippen LogP) is 4.73. The number of carbonyl (C=O) groups is 1. The van der Waals surface area contributed by atoms with Crippen molar-refractivity contribution >= 4 is 37.8 Å². The van der Waals surface area contributed by atoms with Crippen LogP contribution in [0.1, 0.15) is 12.0 Å². The molecule has 0 saturated carbocycles. The van der Waals surface area contributed by atoms with Crippen molar-refractivity contribution in [3.8, 4) is 11.5 Å². The number of ether oxygens (including phenoxy) is 3. The molecule has 0 amide bonds. The molecule has 0 aliphatic heterocycles. The summed E-state index contributed by atoms with van der Waals surface area (Å²) in [6.07, 6.45) is -0.195. The molecule has 0 radical (unpaired) electrons. The van der Waals surface area contributed by atoms with E-state index in [0.29, 0.717) is 29.9 Å². The molecule has 128 valence electrons. The van der Waals surface area contributed by atoms with Crippen LogP contribution < -0.4 is 9.47 Å². The molecule has 0 spiro atoms. The summed E-state index contributed by atoms with van der Waals surface area (Å²) in [6, 6.07) is 15.3. The molecule has 0 fully saturated rings. The second kappa shape index (κ2) is 9.69. The van der Waals surface area contributed by atoms with Crippen LogP contribution in [0.15, 0.2) is 53.0 Å². The normalized spacial score (nSPS) is 11.6. The lowest BCUT2D eigenvalue weighted by atomic mass is 10.2. The fraction of sp³-hybridized carbons (Fsp3) is 0.278. The van der Waals surface area contributed by atoms with Gasteiger partial charge in [0, 0.05) is 16.2 Å². The Morgan fingerprint density at radius 3 is 2.54 bits per heavy atom. The monoisotopic (exact) mass is 456 g/mol. The smallest absolute Gasteiger partial charge is 0.347 e. The molecule has 24 heavy (non-hydrogen) atoms. The number of carbonyl (C=O) groups excluding carboxylic acids is 1. The number of benzene rings is 2. The lowest BCUT2D eigenvalue weighted by molar-refractivity contribution is -0.148. The summed E-state index contributed by atoms with van der Waals surface area (Å²) in [4.78, 5) is 11.9. The predicted molar refractivity (Wildman–Crippen MR) is 99.8 cm³/mol. The van der Waals surface area contributed by atoms with E-state index in [2.05, 4.69) is 31.9 Å². The van der Waals surface area contributed by atoms with Gasteiger partial charge in [0.1, 0.15) is 6.61 Å². The van der Waals surface area contributed by atoms with E-state index in [1.54, 1.807) is 6.07 Å². The van der Waals surface area contributed by atoms with Crippen LogP contribution in [0.4, 0.5) is 0 Å². The zero-order chi connectivity index (χ0) is 17.4. The van der Waals surface area contributed by atoms with Gasteiger partial charge >= 0.3 is 5.97 Å². The van der Waals surface area contributed by atoms with Crippen molar-refractivity contribution < 1.29 is 19.0 Å². The minimum atomic E-state index is -0.692. The standard InChI is InChI=1S/C18H18Br2O4/c1-22-18(21)16(9-10-19)24-17-11-14(20)7-8-15(17)23-12-13-5-3-2-4-6-13/h2-8,11,16H,9-10,12H2,1H3. The van der Waals surface area contributed by atoms with Gasteiger partial charge in [-0.25, -0.2) is 4.79 Å². The molecule has 1 atom stereocenters. The Morgan fingerprint density at radius 1 is 1.12 bits per heavy atom. The molecule has 0 N–H and O–H groups in total. The summed E-state index contributed by atoms with van der Waals surface area (Å²) in [5.41, 5.74) is 1.05. The van der Waals surface area contributed by atoms with Gasteiger partial charge in [0.05, 0.1) is 7.11 Å². The SMILES string of the molecule is COC(=O)C(CCBr)Oc1cc(Br)ccc1OCc1ccccc1. The maximum atomic E-state index is 11.9. The summed E-state index contributed by atoms with van der Waals surface area (Å²) in [5, 5.41) is 0.626.